The molecule has 20 heavy (non-hydrogen) atoms. The predicted molar refractivity (Wildman–Crippen MR) is 85.5 cm³/mol. The van der Waals surface area contributed by atoms with E-state index in [1.54, 1.807) is 0 Å². The standard InChI is InChI=1S/C17H26ClNO/c1-15-5-2-11-19(15)12-4-14-20-13-3-6-16-7-9-17(18)10-8-16/h7-10,15H,2-6,11-14H2,1H3. The van der Waals surface area contributed by atoms with Gasteiger partial charge in [0.25, 0.3) is 0 Å². The first kappa shape index (κ1) is 15.8. The molecule has 112 valence electrons. The molecule has 2 rings (SSSR count). The normalized spacial score (nSPS) is 19.6. The second kappa shape index (κ2) is 8.66. The van der Waals surface area contributed by atoms with Gasteiger partial charge < -0.3 is 9.64 Å². The molecule has 0 N–H and O–H groups in total. The molecule has 2 nitrogen and oxygen atoms in total. The minimum atomic E-state index is 0.778. The Bertz CT molecular complexity index is 379. The molecule has 1 heterocycles. The number of halogens is 1. The summed E-state index contributed by atoms with van der Waals surface area (Å²) in [5.74, 6) is 0. The van der Waals surface area contributed by atoms with Gasteiger partial charge in [-0.25, -0.2) is 0 Å². The summed E-state index contributed by atoms with van der Waals surface area (Å²) in [6.07, 6.45) is 6.04. The lowest BCUT2D eigenvalue weighted by Crippen LogP contribution is -2.28. The highest BCUT2D eigenvalue weighted by Crippen LogP contribution is 2.16. The Morgan fingerprint density at radius 1 is 1.20 bits per heavy atom. The van der Waals surface area contributed by atoms with Crippen molar-refractivity contribution in [3.8, 4) is 0 Å². The van der Waals surface area contributed by atoms with E-state index in [4.69, 9.17) is 16.3 Å². The van der Waals surface area contributed by atoms with E-state index in [0.717, 1.165) is 43.5 Å². The molecule has 0 spiro atoms. The first-order valence-corrected chi connectivity index (χ1v) is 8.20. The zero-order valence-electron chi connectivity index (χ0n) is 12.5. The zero-order valence-corrected chi connectivity index (χ0v) is 13.2. The monoisotopic (exact) mass is 295 g/mol. The van der Waals surface area contributed by atoms with Crippen molar-refractivity contribution in [1.29, 1.82) is 0 Å². The summed E-state index contributed by atoms with van der Waals surface area (Å²) >= 11 is 5.87. The molecule has 0 aromatic heterocycles. The lowest BCUT2D eigenvalue weighted by molar-refractivity contribution is 0.118. The van der Waals surface area contributed by atoms with Crippen LogP contribution in [0.3, 0.4) is 0 Å². The van der Waals surface area contributed by atoms with E-state index >= 15 is 0 Å². The maximum Gasteiger partial charge on any atom is 0.0478 e. The number of hydrogen-bond acceptors (Lipinski definition) is 2. The van der Waals surface area contributed by atoms with Crippen LogP contribution in [0.4, 0.5) is 0 Å². The maximum absolute atomic E-state index is 5.87. The minimum Gasteiger partial charge on any atom is -0.381 e. The van der Waals surface area contributed by atoms with Crippen LogP contribution in [0.25, 0.3) is 0 Å². The molecule has 1 aliphatic heterocycles. The van der Waals surface area contributed by atoms with Crippen LogP contribution in [0.5, 0.6) is 0 Å². The van der Waals surface area contributed by atoms with Gasteiger partial charge in [0, 0.05) is 30.8 Å². The van der Waals surface area contributed by atoms with Gasteiger partial charge in [0.2, 0.25) is 0 Å². The molecule has 1 fully saturated rings. The highest BCUT2D eigenvalue weighted by Gasteiger charge is 2.18. The van der Waals surface area contributed by atoms with Crippen LogP contribution in [-0.2, 0) is 11.2 Å². The fraction of sp³-hybridized carbons (Fsp3) is 0.647. The summed E-state index contributed by atoms with van der Waals surface area (Å²) in [6.45, 7) is 6.55. The molecule has 1 aliphatic rings. The Balaban J connectivity index is 1.46. The Labute approximate surface area is 128 Å². The van der Waals surface area contributed by atoms with Crippen molar-refractivity contribution in [3.05, 3.63) is 34.9 Å². The van der Waals surface area contributed by atoms with Gasteiger partial charge >= 0.3 is 0 Å². The second-order valence-electron chi connectivity index (χ2n) is 5.72. The van der Waals surface area contributed by atoms with E-state index < -0.39 is 0 Å². The van der Waals surface area contributed by atoms with Crippen LogP contribution < -0.4 is 0 Å². The van der Waals surface area contributed by atoms with Crippen LogP contribution >= 0.6 is 11.6 Å². The lowest BCUT2D eigenvalue weighted by Gasteiger charge is -2.20. The third kappa shape index (κ3) is 5.43. The molecule has 3 heteroatoms. The van der Waals surface area contributed by atoms with Crippen LogP contribution in [-0.4, -0.2) is 37.2 Å². The molecule has 1 unspecified atom stereocenters. The van der Waals surface area contributed by atoms with Crippen molar-refractivity contribution in [1.82, 2.24) is 4.90 Å². The molecule has 1 saturated heterocycles. The Morgan fingerprint density at radius 3 is 2.65 bits per heavy atom. The van der Waals surface area contributed by atoms with Crippen molar-refractivity contribution >= 4 is 11.6 Å². The number of ether oxygens (including phenoxy) is 1. The third-order valence-electron chi connectivity index (χ3n) is 4.09. The van der Waals surface area contributed by atoms with E-state index in [9.17, 15) is 0 Å². The third-order valence-corrected chi connectivity index (χ3v) is 4.34. The minimum absolute atomic E-state index is 0.778. The molecule has 0 radical (unpaired) electrons. The Hall–Kier alpha value is -0.570. The summed E-state index contributed by atoms with van der Waals surface area (Å²) in [7, 11) is 0. The molecular weight excluding hydrogens is 270 g/mol. The van der Waals surface area contributed by atoms with Crippen molar-refractivity contribution in [2.75, 3.05) is 26.3 Å². The van der Waals surface area contributed by atoms with Crippen molar-refractivity contribution in [3.63, 3.8) is 0 Å². The van der Waals surface area contributed by atoms with E-state index in [1.165, 1.54) is 31.5 Å². The van der Waals surface area contributed by atoms with Gasteiger partial charge in [-0.3, -0.25) is 0 Å². The van der Waals surface area contributed by atoms with E-state index in [-0.39, 0.29) is 0 Å². The number of nitrogens with zero attached hydrogens (tertiary/aromatic N) is 1. The van der Waals surface area contributed by atoms with Crippen LogP contribution in [0.2, 0.25) is 5.02 Å². The number of likely N-dealkylation sites (tertiary alicyclic amines) is 1. The van der Waals surface area contributed by atoms with Gasteiger partial charge in [-0.1, -0.05) is 23.7 Å². The van der Waals surface area contributed by atoms with E-state index in [2.05, 4.69) is 24.0 Å². The SMILES string of the molecule is CC1CCCN1CCCOCCCc1ccc(Cl)cc1. The summed E-state index contributed by atoms with van der Waals surface area (Å²) < 4.78 is 5.72. The first-order chi connectivity index (χ1) is 9.75. The van der Waals surface area contributed by atoms with Gasteiger partial charge in [0.1, 0.15) is 0 Å². The van der Waals surface area contributed by atoms with E-state index in [1.807, 2.05) is 12.1 Å². The molecule has 1 aromatic rings. The number of rotatable bonds is 8. The topological polar surface area (TPSA) is 12.5 Å². The average molecular weight is 296 g/mol. The first-order valence-electron chi connectivity index (χ1n) is 7.82. The van der Waals surface area contributed by atoms with Gasteiger partial charge in [-0.2, -0.15) is 0 Å². The molecule has 0 saturated carbocycles. The van der Waals surface area contributed by atoms with Crippen molar-refractivity contribution < 1.29 is 4.74 Å². The summed E-state index contributed by atoms with van der Waals surface area (Å²) in [4.78, 5) is 2.58. The molecule has 0 bridgehead atoms. The molecule has 1 atom stereocenters. The Morgan fingerprint density at radius 2 is 1.95 bits per heavy atom. The molecule has 1 aromatic carbocycles. The Kier molecular flexibility index (Phi) is 6.85. The van der Waals surface area contributed by atoms with Gasteiger partial charge in [0.05, 0.1) is 0 Å². The number of benzene rings is 1. The smallest absolute Gasteiger partial charge is 0.0478 e. The van der Waals surface area contributed by atoms with Gasteiger partial charge in [0.15, 0.2) is 0 Å². The van der Waals surface area contributed by atoms with Crippen LogP contribution in [0.15, 0.2) is 24.3 Å². The summed E-state index contributed by atoms with van der Waals surface area (Å²) in [5.41, 5.74) is 1.34. The second-order valence-corrected chi connectivity index (χ2v) is 6.16. The maximum atomic E-state index is 5.87. The fourth-order valence-electron chi connectivity index (χ4n) is 2.83. The largest absolute Gasteiger partial charge is 0.381 e. The van der Waals surface area contributed by atoms with E-state index in [0.29, 0.717) is 0 Å². The molecular formula is C17H26ClNO. The summed E-state index contributed by atoms with van der Waals surface area (Å²) in [6, 6.07) is 8.87. The fourth-order valence-corrected chi connectivity index (χ4v) is 2.95. The molecule has 0 aliphatic carbocycles. The quantitative estimate of drug-likeness (QED) is 0.668. The van der Waals surface area contributed by atoms with Gasteiger partial charge in [-0.05, 0) is 63.3 Å². The molecule has 0 amide bonds. The predicted octanol–water partition coefficient (Wildman–Crippen LogP) is 4.16. The highest BCUT2D eigenvalue weighted by molar-refractivity contribution is 6.30. The van der Waals surface area contributed by atoms with Crippen molar-refractivity contribution in [2.24, 2.45) is 0 Å². The lowest BCUT2D eigenvalue weighted by atomic mass is 10.1. The summed E-state index contributed by atoms with van der Waals surface area (Å²) in [5, 5.41) is 0.807. The van der Waals surface area contributed by atoms with Crippen LogP contribution in [0.1, 0.15) is 38.2 Å². The number of aryl methyl sites for hydroxylation is 1. The zero-order chi connectivity index (χ0) is 14.2. The van der Waals surface area contributed by atoms with Gasteiger partial charge in [-0.15, -0.1) is 0 Å². The van der Waals surface area contributed by atoms with Crippen LogP contribution in [0, 0.1) is 0 Å². The highest BCUT2D eigenvalue weighted by atomic mass is 35.5. The number of hydrogen-bond donors (Lipinski definition) is 0. The average Bonchev–Trinajstić information content (AvgIpc) is 2.85. The van der Waals surface area contributed by atoms with Crippen molar-refractivity contribution in [2.45, 2.75) is 45.1 Å².